The van der Waals surface area contributed by atoms with Crippen LogP contribution in [0, 0.1) is 10.1 Å². The van der Waals surface area contributed by atoms with E-state index in [1.165, 1.54) is 17.1 Å². The summed E-state index contributed by atoms with van der Waals surface area (Å²) in [4.78, 5) is 31.7. The molecular formula is C15H9N5O3. The van der Waals surface area contributed by atoms with Gasteiger partial charge in [-0.25, -0.2) is 9.97 Å². The highest BCUT2D eigenvalue weighted by Gasteiger charge is 2.25. The van der Waals surface area contributed by atoms with E-state index in [0.29, 0.717) is 16.7 Å². The van der Waals surface area contributed by atoms with E-state index in [1.54, 1.807) is 36.4 Å². The van der Waals surface area contributed by atoms with Crippen LogP contribution in [0.2, 0.25) is 0 Å². The topological polar surface area (TPSA) is 95.3 Å². The van der Waals surface area contributed by atoms with Gasteiger partial charge in [0.25, 0.3) is 0 Å². The molecule has 23 heavy (non-hydrogen) atoms. The Morgan fingerprint density at radius 1 is 1.09 bits per heavy atom. The van der Waals surface area contributed by atoms with Gasteiger partial charge in [0.1, 0.15) is 12.0 Å². The van der Waals surface area contributed by atoms with Crippen molar-refractivity contribution < 1.29 is 4.92 Å². The standard InChI is InChI=1S/C15H9N5O3/c21-15-13(20(22)23)14(17-12-7-3-4-8-18(12)15)19-9-16-10-5-1-2-6-11(10)19/h1-9H. The van der Waals surface area contributed by atoms with Crippen LogP contribution in [0.4, 0.5) is 5.69 Å². The van der Waals surface area contributed by atoms with E-state index in [2.05, 4.69) is 9.97 Å². The van der Waals surface area contributed by atoms with Crippen LogP contribution in [0.5, 0.6) is 0 Å². The number of hydrogen-bond donors (Lipinski definition) is 0. The molecular weight excluding hydrogens is 298 g/mol. The third kappa shape index (κ3) is 1.89. The molecule has 112 valence electrons. The van der Waals surface area contributed by atoms with E-state index in [-0.39, 0.29) is 5.82 Å². The minimum Gasteiger partial charge on any atom is -0.277 e. The number of nitrogens with zero attached hydrogens (tertiary/aromatic N) is 5. The minimum absolute atomic E-state index is 0.0418. The Kier molecular flexibility index (Phi) is 2.70. The first-order valence-electron chi connectivity index (χ1n) is 6.75. The molecule has 0 atom stereocenters. The van der Waals surface area contributed by atoms with Crippen molar-refractivity contribution in [2.45, 2.75) is 0 Å². The number of para-hydroxylation sites is 2. The summed E-state index contributed by atoms with van der Waals surface area (Å²) in [5.74, 6) is -0.0418. The number of pyridine rings is 1. The lowest BCUT2D eigenvalue weighted by atomic mass is 10.3. The zero-order valence-corrected chi connectivity index (χ0v) is 11.7. The molecule has 0 aliphatic carbocycles. The minimum atomic E-state index is -0.728. The fourth-order valence-corrected chi connectivity index (χ4v) is 2.52. The largest absolute Gasteiger partial charge is 0.377 e. The van der Waals surface area contributed by atoms with Gasteiger partial charge >= 0.3 is 11.2 Å². The number of aromatic nitrogens is 4. The molecule has 0 saturated carbocycles. The van der Waals surface area contributed by atoms with Crippen LogP contribution in [-0.2, 0) is 0 Å². The van der Waals surface area contributed by atoms with Crippen LogP contribution in [0.25, 0.3) is 22.5 Å². The Morgan fingerprint density at radius 3 is 2.70 bits per heavy atom. The zero-order valence-electron chi connectivity index (χ0n) is 11.7. The molecule has 0 aliphatic rings. The van der Waals surface area contributed by atoms with Gasteiger partial charge in [0.05, 0.1) is 16.0 Å². The predicted octanol–water partition coefficient (Wildman–Crippen LogP) is 1.94. The predicted molar refractivity (Wildman–Crippen MR) is 82.7 cm³/mol. The quantitative estimate of drug-likeness (QED) is 0.416. The highest BCUT2D eigenvalue weighted by Crippen LogP contribution is 2.22. The van der Waals surface area contributed by atoms with Gasteiger partial charge in [-0.2, -0.15) is 0 Å². The van der Waals surface area contributed by atoms with E-state index in [9.17, 15) is 14.9 Å². The van der Waals surface area contributed by atoms with Crippen LogP contribution >= 0.6 is 0 Å². The summed E-state index contributed by atoms with van der Waals surface area (Å²) in [5, 5.41) is 11.4. The average Bonchev–Trinajstić information content (AvgIpc) is 2.98. The maximum Gasteiger partial charge on any atom is 0.377 e. The van der Waals surface area contributed by atoms with Crippen LogP contribution in [0.3, 0.4) is 0 Å². The lowest BCUT2D eigenvalue weighted by Crippen LogP contribution is -2.21. The van der Waals surface area contributed by atoms with Crippen molar-refractivity contribution in [3.63, 3.8) is 0 Å². The van der Waals surface area contributed by atoms with Crippen LogP contribution < -0.4 is 5.56 Å². The van der Waals surface area contributed by atoms with Gasteiger partial charge in [-0.3, -0.25) is 23.9 Å². The average molecular weight is 307 g/mol. The lowest BCUT2D eigenvalue weighted by Gasteiger charge is -2.06. The van der Waals surface area contributed by atoms with Crippen molar-refractivity contribution >= 4 is 22.4 Å². The molecule has 8 nitrogen and oxygen atoms in total. The Morgan fingerprint density at radius 2 is 1.87 bits per heavy atom. The van der Waals surface area contributed by atoms with Gasteiger partial charge in [-0.05, 0) is 24.3 Å². The van der Waals surface area contributed by atoms with Crippen LogP contribution in [0.1, 0.15) is 0 Å². The normalized spacial score (nSPS) is 11.1. The first-order valence-corrected chi connectivity index (χ1v) is 6.75. The molecule has 0 saturated heterocycles. The molecule has 0 amide bonds. The number of imidazole rings is 1. The Balaban J connectivity index is 2.16. The number of fused-ring (bicyclic) bond motifs is 2. The fraction of sp³-hybridized carbons (Fsp3) is 0. The van der Waals surface area contributed by atoms with Crippen molar-refractivity contribution in [1.29, 1.82) is 0 Å². The number of nitro groups is 1. The molecule has 8 heteroatoms. The molecule has 4 rings (SSSR count). The van der Waals surface area contributed by atoms with E-state index in [0.717, 1.165) is 4.40 Å². The van der Waals surface area contributed by atoms with E-state index >= 15 is 0 Å². The van der Waals surface area contributed by atoms with E-state index in [1.807, 2.05) is 6.07 Å². The first-order chi connectivity index (χ1) is 11.2. The van der Waals surface area contributed by atoms with E-state index < -0.39 is 16.2 Å². The van der Waals surface area contributed by atoms with Crippen molar-refractivity contribution in [2.75, 3.05) is 0 Å². The summed E-state index contributed by atoms with van der Waals surface area (Å²) < 4.78 is 2.61. The maximum absolute atomic E-state index is 12.5. The molecule has 0 fully saturated rings. The summed E-state index contributed by atoms with van der Waals surface area (Å²) in [6, 6.07) is 12.1. The SMILES string of the molecule is O=c1c([N+](=O)[O-])c(-n2cnc3ccccc32)nc2ccccn12. The van der Waals surface area contributed by atoms with Gasteiger partial charge in [-0.15, -0.1) is 0 Å². The Hall–Kier alpha value is -3.55. The maximum atomic E-state index is 12.5. The van der Waals surface area contributed by atoms with Gasteiger partial charge in [0.15, 0.2) is 0 Å². The van der Waals surface area contributed by atoms with Gasteiger partial charge < -0.3 is 0 Å². The Labute approximate surface area is 128 Å². The molecule has 3 heterocycles. The molecule has 0 aliphatic heterocycles. The summed E-state index contributed by atoms with van der Waals surface area (Å²) in [6.45, 7) is 0. The second kappa shape index (κ2) is 4.73. The Bertz CT molecular complexity index is 1130. The number of rotatable bonds is 2. The van der Waals surface area contributed by atoms with Crippen molar-refractivity contribution in [3.8, 4) is 5.82 Å². The second-order valence-corrected chi connectivity index (χ2v) is 4.88. The third-order valence-corrected chi connectivity index (χ3v) is 3.56. The molecule has 0 bridgehead atoms. The molecule has 1 aromatic carbocycles. The van der Waals surface area contributed by atoms with Crippen LogP contribution in [0.15, 0.2) is 59.8 Å². The zero-order chi connectivity index (χ0) is 16.0. The highest BCUT2D eigenvalue weighted by atomic mass is 16.6. The number of hydrogen-bond acceptors (Lipinski definition) is 5. The summed E-state index contributed by atoms with van der Waals surface area (Å²) >= 11 is 0. The van der Waals surface area contributed by atoms with Crippen LogP contribution in [-0.4, -0.2) is 23.9 Å². The molecule has 0 radical (unpaired) electrons. The van der Waals surface area contributed by atoms with Crippen molar-refractivity contribution in [2.24, 2.45) is 0 Å². The highest BCUT2D eigenvalue weighted by molar-refractivity contribution is 5.77. The van der Waals surface area contributed by atoms with E-state index in [4.69, 9.17) is 0 Å². The van der Waals surface area contributed by atoms with Gasteiger partial charge in [0, 0.05) is 6.20 Å². The molecule has 0 spiro atoms. The third-order valence-electron chi connectivity index (χ3n) is 3.56. The summed E-state index contributed by atoms with van der Waals surface area (Å²) in [6.07, 6.45) is 2.88. The first kappa shape index (κ1) is 13.1. The van der Waals surface area contributed by atoms with Gasteiger partial charge in [-0.1, -0.05) is 18.2 Å². The molecule has 0 unspecified atom stereocenters. The molecule has 3 aromatic heterocycles. The second-order valence-electron chi connectivity index (χ2n) is 4.88. The van der Waals surface area contributed by atoms with Crippen molar-refractivity contribution in [1.82, 2.24) is 18.9 Å². The fourth-order valence-electron chi connectivity index (χ4n) is 2.52. The number of benzene rings is 1. The smallest absolute Gasteiger partial charge is 0.277 e. The summed E-state index contributed by atoms with van der Waals surface area (Å²) in [7, 11) is 0. The van der Waals surface area contributed by atoms with Crippen molar-refractivity contribution in [3.05, 3.63) is 75.5 Å². The van der Waals surface area contributed by atoms with Gasteiger partial charge in [0.2, 0.25) is 5.82 Å². The molecule has 0 N–H and O–H groups in total. The lowest BCUT2D eigenvalue weighted by molar-refractivity contribution is -0.386. The monoisotopic (exact) mass is 307 g/mol. The summed E-state index contributed by atoms with van der Waals surface area (Å²) in [5.41, 5.74) is 0.320. The molecule has 4 aromatic rings.